The van der Waals surface area contributed by atoms with Crippen molar-refractivity contribution < 1.29 is 4.79 Å². The number of fused-ring (bicyclic) bond motifs is 1. The van der Waals surface area contributed by atoms with E-state index in [1.54, 1.807) is 0 Å². The molecule has 0 atom stereocenters. The van der Waals surface area contributed by atoms with Gasteiger partial charge in [-0.05, 0) is 19.3 Å². The fourth-order valence-corrected chi connectivity index (χ4v) is 3.30. The molecule has 2 heterocycles. The van der Waals surface area contributed by atoms with E-state index in [2.05, 4.69) is 20.4 Å². The van der Waals surface area contributed by atoms with Crippen molar-refractivity contribution in [1.29, 1.82) is 0 Å². The first-order valence-electron chi connectivity index (χ1n) is 8.97. The number of hydrogen-bond donors (Lipinski definition) is 2. The summed E-state index contributed by atoms with van der Waals surface area (Å²) in [7, 11) is 0. The van der Waals surface area contributed by atoms with Crippen LogP contribution in [0, 0.1) is 5.92 Å². The Bertz CT molecular complexity index is 756. The molecule has 130 valence electrons. The van der Waals surface area contributed by atoms with E-state index in [9.17, 15) is 9.59 Å². The molecule has 7 heteroatoms. The van der Waals surface area contributed by atoms with Gasteiger partial charge in [-0.15, -0.1) is 0 Å². The van der Waals surface area contributed by atoms with E-state index in [-0.39, 0.29) is 17.4 Å². The number of rotatable bonds is 4. The summed E-state index contributed by atoms with van der Waals surface area (Å²) >= 11 is 0. The monoisotopic (exact) mass is 331 g/mol. The molecule has 7 nitrogen and oxygen atoms in total. The van der Waals surface area contributed by atoms with Gasteiger partial charge < -0.3 is 0 Å². The molecule has 0 unspecified atom stereocenters. The lowest BCUT2D eigenvalue weighted by Crippen LogP contribution is -2.24. The number of carbonyl (C=O) groups is 1. The summed E-state index contributed by atoms with van der Waals surface area (Å²) in [4.78, 5) is 33.2. The van der Waals surface area contributed by atoms with Crippen LogP contribution in [-0.4, -0.2) is 25.5 Å². The van der Waals surface area contributed by atoms with Gasteiger partial charge in [-0.3, -0.25) is 20.0 Å². The van der Waals surface area contributed by atoms with Gasteiger partial charge in [0, 0.05) is 12.0 Å². The maximum atomic E-state index is 12.5. The predicted octanol–water partition coefficient (Wildman–Crippen LogP) is 2.67. The number of amides is 1. The third-order valence-electron chi connectivity index (χ3n) is 4.61. The number of aryl methyl sites for hydroxylation is 1. The molecule has 1 fully saturated rings. The topological polar surface area (TPSA) is 92.2 Å². The minimum atomic E-state index is -0.206. The van der Waals surface area contributed by atoms with Gasteiger partial charge in [0.2, 0.25) is 11.9 Å². The quantitative estimate of drug-likeness (QED) is 0.901. The van der Waals surface area contributed by atoms with E-state index in [4.69, 9.17) is 0 Å². The summed E-state index contributed by atoms with van der Waals surface area (Å²) < 4.78 is 1.27. The Kier molecular flexibility index (Phi) is 5.27. The van der Waals surface area contributed by atoms with Gasteiger partial charge in [-0.2, -0.15) is 9.50 Å². The number of nitrogens with one attached hydrogen (secondary N) is 2. The lowest BCUT2D eigenvalue weighted by Gasteiger charge is -2.18. The third kappa shape index (κ3) is 3.83. The predicted molar refractivity (Wildman–Crippen MR) is 92.0 cm³/mol. The SMILES string of the molecule is CCCc1cc(=O)n2[nH]c(NC(=O)C3CCCCCCC3)nc2n1. The molecule has 0 saturated heterocycles. The van der Waals surface area contributed by atoms with Crippen LogP contribution in [0.15, 0.2) is 10.9 Å². The van der Waals surface area contributed by atoms with Crippen LogP contribution in [0.2, 0.25) is 0 Å². The highest BCUT2D eigenvalue weighted by molar-refractivity contribution is 5.91. The molecule has 24 heavy (non-hydrogen) atoms. The standard InChI is InChI=1S/C17H25N5O2/c1-2-8-13-11-14(23)22-17(18-13)20-16(21-22)19-15(24)12-9-6-4-3-5-7-10-12/h11-12H,2-10H2,1H3,(H2,18,19,20,21,24). The fourth-order valence-electron chi connectivity index (χ4n) is 3.30. The molecule has 1 aliphatic rings. The number of aromatic nitrogens is 4. The first-order valence-corrected chi connectivity index (χ1v) is 8.97. The molecule has 0 aromatic carbocycles. The average Bonchev–Trinajstić information content (AvgIpc) is 2.90. The van der Waals surface area contributed by atoms with E-state index in [0.29, 0.717) is 11.7 Å². The maximum Gasteiger partial charge on any atom is 0.274 e. The van der Waals surface area contributed by atoms with E-state index in [1.807, 2.05) is 6.92 Å². The zero-order chi connectivity index (χ0) is 16.9. The molecular formula is C17H25N5O2. The maximum absolute atomic E-state index is 12.5. The van der Waals surface area contributed by atoms with Crippen molar-refractivity contribution in [1.82, 2.24) is 19.6 Å². The van der Waals surface area contributed by atoms with Gasteiger partial charge in [0.1, 0.15) is 0 Å². The smallest absolute Gasteiger partial charge is 0.274 e. The molecule has 0 radical (unpaired) electrons. The second-order valence-electron chi connectivity index (χ2n) is 6.57. The Hall–Kier alpha value is -2.18. The molecule has 1 saturated carbocycles. The van der Waals surface area contributed by atoms with E-state index >= 15 is 0 Å². The summed E-state index contributed by atoms with van der Waals surface area (Å²) in [6.07, 6.45) is 9.37. The van der Waals surface area contributed by atoms with Crippen LogP contribution in [0.25, 0.3) is 5.78 Å². The molecule has 1 amide bonds. The molecule has 0 spiro atoms. The van der Waals surface area contributed by atoms with Crippen LogP contribution in [0.5, 0.6) is 0 Å². The van der Waals surface area contributed by atoms with Gasteiger partial charge in [0.15, 0.2) is 0 Å². The highest BCUT2D eigenvalue weighted by atomic mass is 16.2. The summed E-state index contributed by atoms with van der Waals surface area (Å²) in [5.74, 6) is 0.607. The molecule has 1 aliphatic carbocycles. The van der Waals surface area contributed by atoms with Crippen LogP contribution >= 0.6 is 0 Å². The second-order valence-corrected chi connectivity index (χ2v) is 6.57. The van der Waals surface area contributed by atoms with E-state index in [0.717, 1.165) is 44.2 Å². The van der Waals surface area contributed by atoms with Crippen LogP contribution in [0.4, 0.5) is 5.95 Å². The number of nitrogens with zero attached hydrogens (tertiary/aromatic N) is 3. The Labute approximate surface area is 140 Å². The number of anilines is 1. The lowest BCUT2D eigenvalue weighted by atomic mass is 9.90. The second kappa shape index (κ2) is 7.59. The largest absolute Gasteiger partial charge is 0.295 e. The summed E-state index contributed by atoms with van der Waals surface area (Å²) in [6, 6.07) is 1.51. The number of H-pyrrole nitrogens is 1. The minimum absolute atomic E-state index is 0.0159. The minimum Gasteiger partial charge on any atom is -0.295 e. The highest BCUT2D eigenvalue weighted by Gasteiger charge is 2.20. The van der Waals surface area contributed by atoms with Crippen molar-refractivity contribution in [3.8, 4) is 0 Å². The first-order chi connectivity index (χ1) is 11.7. The Morgan fingerprint density at radius 3 is 2.67 bits per heavy atom. The van der Waals surface area contributed by atoms with E-state index < -0.39 is 0 Å². The van der Waals surface area contributed by atoms with Gasteiger partial charge in [0.05, 0.1) is 5.69 Å². The Morgan fingerprint density at radius 2 is 1.96 bits per heavy atom. The van der Waals surface area contributed by atoms with Crippen molar-refractivity contribution in [2.45, 2.75) is 64.7 Å². The van der Waals surface area contributed by atoms with Crippen LogP contribution in [-0.2, 0) is 11.2 Å². The van der Waals surface area contributed by atoms with Crippen molar-refractivity contribution in [2.75, 3.05) is 5.32 Å². The molecule has 3 rings (SSSR count). The Balaban J connectivity index is 1.75. The van der Waals surface area contributed by atoms with Crippen molar-refractivity contribution in [3.05, 3.63) is 22.1 Å². The zero-order valence-corrected chi connectivity index (χ0v) is 14.2. The fraction of sp³-hybridized carbons (Fsp3) is 0.647. The van der Waals surface area contributed by atoms with Gasteiger partial charge >= 0.3 is 0 Å². The average molecular weight is 331 g/mol. The van der Waals surface area contributed by atoms with Crippen LogP contribution in [0.1, 0.15) is 64.0 Å². The molecule has 0 bridgehead atoms. The summed E-state index contributed by atoms with van der Waals surface area (Å²) in [5.41, 5.74) is 0.522. The van der Waals surface area contributed by atoms with Crippen molar-refractivity contribution >= 4 is 17.6 Å². The number of hydrogen-bond acceptors (Lipinski definition) is 4. The van der Waals surface area contributed by atoms with Crippen LogP contribution < -0.4 is 10.9 Å². The van der Waals surface area contributed by atoms with Crippen molar-refractivity contribution in [2.24, 2.45) is 5.92 Å². The molecule has 2 aromatic rings. The summed E-state index contributed by atoms with van der Waals surface area (Å²) in [5, 5.41) is 5.65. The summed E-state index contributed by atoms with van der Waals surface area (Å²) in [6.45, 7) is 2.04. The number of carbonyl (C=O) groups excluding carboxylic acids is 1. The molecule has 2 N–H and O–H groups in total. The third-order valence-corrected chi connectivity index (χ3v) is 4.61. The van der Waals surface area contributed by atoms with Gasteiger partial charge in [0.25, 0.3) is 11.3 Å². The number of aromatic amines is 1. The van der Waals surface area contributed by atoms with Crippen LogP contribution in [0.3, 0.4) is 0 Å². The highest BCUT2D eigenvalue weighted by Crippen LogP contribution is 2.23. The molecular weight excluding hydrogens is 306 g/mol. The zero-order valence-electron chi connectivity index (χ0n) is 14.2. The normalized spacial score (nSPS) is 16.7. The molecule has 2 aromatic heterocycles. The lowest BCUT2D eigenvalue weighted by molar-refractivity contribution is -0.120. The van der Waals surface area contributed by atoms with E-state index in [1.165, 1.54) is 29.8 Å². The molecule has 0 aliphatic heterocycles. The van der Waals surface area contributed by atoms with Gasteiger partial charge in [-0.1, -0.05) is 45.4 Å². The Morgan fingerprint density at radius 1 is 1.25 bits per heavy atom. The van der Waals surface area contributed by atoms with Gasteiger partial charge in [-0.25, -0.2) is 4.98 Å². The van der Waals surface area contributed by atoms with Crippen molar-refractivity contribution in [3.63, 3.8) is 0 Å². The first kappa shape index (κ1) is 16.7.